The fraction of sp³-hybridized carbons (Fsp3) is 0.492. The molecule has 4 heterocycles. The van der Waals surface area contributed by atoms with Crippen molar-refractivity contribution in [2.45, 2.75) is 115 Å². The molecular formula is C61H81N5O13S2. The van der Waals surface area contributed by atoms with Crippen LogP contribution in [-0.4, -0.2) is 132 Å². The number of aliphatic hydroxyl groups is 1. The minimum Gasteiger partial charge on any atom is -0.454 e. The Bertz CT molecular complexity index is 3000. The summed E-state index contributed by atoms with van der Waals surface area (Å²) in [7, 11) is -7.81. The van der Waals surface area contributed by atoms with Crippen molar-refractivity contribution >= 4 is 26.1 Å². The number of fused-ring (bicyclic) bond motifs is 3. The van der Waals surface area contributed by atoms with E-state index in [9.17, 15) is 26.7 Å². The maximum Gasteiger partial charge on any atom is 0.407 e. The number of nitrogens with one attached hydrogen (secondary N) is 1. The first-order chi connectivity index (χ1) is 38.7. The normalized spacial score (nSPS) is 18.4. The van der Waals surface area contributed by atoms with Crippen molar-refractivity contribution in [1.82, 2.24) is 18.8 Å². The largest absolute Gasteiger partial charge is 0.454 e. The highest BCUT2D eigenvalue weighted by Gasteiger charge is 2.44. The van der Waals surface area contributed by atoms with Crippen molar-refractivity contribution in [1.29, 1.82) is 0 Å². The zero-order valence-electron chi connectivity index (χ0n) is 47.5. The van der Waals surface area contributed by atoms with Gasteiger partial charge in [0.1, 0.15) is 6.10 Å². The number of benzene rings is 5. The van der Waals surface area contributed by atoms with Crippen LogP contribution in [0.1, 0.15) is 77.5 Å². The Morgan fingerprint density at radius 2 is 1.17 bits per heavy atom. The zero-order valence-corrected chi connectivity index (χ0v) is 49.1. The summed E-state index contributed by atoms with van der Waals surface area (Å²) >= 11 is 0. The summed E-state index contributed by atoms with van der Waals surface area (Å²) in [5, 5.41) is 14.4. The predicted octanol–water partition coefficient (Wildman–Crippen LogP) is 8.42. The molecule has 4 aliphatic heterocycles. The molecule has 5 aromatic rings. The topological polar surface area (TPSA) is 218 Å². The molecule has 9 rings (SSSR count). The summed E-state index contributed by atoms with van der Waals surface area (Å²) in [4.78, 5) is 15.8. The molecule has 2 saturated heterocycles. The number of aliphatic hydroxyl groups excluding tert-OH is 1. The molecule has 5 atom stereocenters. The molecule has 0 aliphatic carbocycles. The van der Waals surface area contributed by atoms with E-state index in [-0.39, 0.29) is 73.0 Å². The lowest BCUT2D eigenvalue weighted by atomic mass is 9.88. The summed E-state index contributed by atoms with van der Waals surface area (Å²) < 4.78 is 96.9. The van der Waals surface area contributed by atoms with Gasteiger partial charge in [-0.1, -0.05) is 133 Å². The number of nitrogens with zero attached hydrogens (tertiary/aromatic N) is 3. The van der Waals surface area contributed by atoms with Crippen LogP contribution < -0.4 is 30.0 Å². The number of alkyl carbamates (subject to hydrolysis) is 1. The summed E-state index contributed by atoms with van der Waals surface area (Å²) in [6.45, 7) is 16.8. The van der Waals surface area contributed by atoms with Gasteiger partial charge >= 0.3 is 6.09 Å². The minimum atomic E-state index is -4.11. The number of carbonyl (C=O) groups excluding carboxylic acids is 1. The van der Waals surface area contributed by atoms with Crippen LogP contribution in [0.15, 0.2) is 137 Å². The van der Waals surface area contributed by atoms with E-state index in [4.69, 9.17) is 38.9 Å². The molecule has 0 bridgehead atoms. The first-order valence-corrected chi connectivity index (χ1v) is 30.8. The summed E-state index contributed by atoms with van der Waals surface area (Å²) in [6, 6.07) is 38.8. The van der Waals surface area contributed by atoms with Crippen LogP contribution in [0, 0.1) is 22.7 Å². The van der Waals surface area contributed by atoms with Gasteiger partial charge < -0.3 is 49.3 Å². The van der Waals surface area contributed by atoms with Crippen LogP contribution in [0.5, 0.6) is 23.0 Å². The maximum atomic E-state index is 14.0. The van der Waals surface area contributed by atoms with Crippen molar-refractivity contribution in [3.05, 3.63) is 144 Å². The second kappa shape index (κ2) is 27.5. The van der Waals surface area contributed by atoms with Gasteiger partial charge in [0.25, 0.3) is 0 Å². The molecule has 20 heteroatoms. The standard InChI is InChI=1S/C31H40N2O4S.C30H41N3O9S/c1-25(2)20-33(38(34,35)28-15-16-29-30(19-28)37-24-36-29)23-31(3,4)17-18-32(21-26-11-7-5-8-12-26)22-27-13-9-6-10-14-27;1-30(2,11-12-31)18-33(43(36,37)21-8-9-25-26(15-21)41-19-40-25)16-24(34)23(14-20-6-4-3-5-7-20)32-29(35)42-27-17-39-28-22(27)10-13-38-28/h5-16,19,25H,17-18,20-24H2,1-4H3;3-9,15,22-24,27-28,34H,10-14,16-19,31H2,1-2H3,(H,32,35)/t;22?,23-,24?,27?,28?/m.0/s1. The average Bonchev–Trinajstić information content (AvgIpc) is 4.43. The van der Waals surface area contributed by atoms with E-state index < -0.39 is 49.8 Å². The van der Waals surface area contributed by atoms with Crippen molar-refractivity contribution < 1.29 is 59.9 Å². The van der Waals surface area contributed by atoms with Gasteiger partial charge in [-0.05, 0) is 96.5 Å². The smallest absolute Gasteiger partial charge is 0.407 e. The van der Waals surface area contributed by atoms with Gasteiger partial charge in [-0.3, -0.25) is 4.90 Å². The SMILES string of the molecule is CC(C)(CCN)CN(CC(O)[C@H](Cc1ccccc1)NC(=O)OC1COC2OCCC12)S(=O)(=O)c1ccc2c(c1)OCO2.CC(C)CN(CC(C)(C)CCN(Cc1ccccc1)Cc1ccccc1)S(=O)(=O)c1ccc2c(c1)OCO2. The lowest BCUT2D eigenvalue weighted by molar-refractivity contribution is -0.0907. The van der Waals surface area contributed by atoms with E-state index in [1.54, 1.807) is 28.6 Å². The number of rotatable bonds is 26. The molecule has 0 spiro atoms. The Labute approximate surface area is 478 Å². The number of ether oxygens (including phenoxy) is 7. The predicted molar refractivity (Wildman–Crippen MR) is 307 cm³/mol. The fourth-order valence-corrected chi connectivity index (χ4v) is 14.0. The van der Waals surface area contributed by atoms with Gasteiger partial charge in [0.05, 0.1) is 41.1 Å². The second-order valence-electron chi connectivity index (χ2n) is 23.3. The van der Waals surface area contributed by atoms with Crippen LogP contribution >= 0.6 is 0 Å². The molecule has 5 aromatic carbocycles. The first-order valence-electron chi connectivity index (χ1n) is 27.9. The molecule has 4 N–H and O–H groups in total. The van der Waals surface area contributed by atoms with Crippen LogP contribution in [0.3, 0.4) is 0 Å². The molecule has 4 unspecified atom stereocenters. The van der Waals surface area contributed by atoms with Crippen molar-refractivity contribution in [3.8, 4) is 23.0 Å². The quantitative estimate of drug-likeness (QED) is 0.0473. The molecule has 0 saturated carbocycles. The Hall–Kier alpha value is -5.81. The Morgan fingerprint density at radius 3 is 1.69 bits per heavy atom. The highest BCUT2D eigenvalue weighted by atomic mass is 32.2. The van der Waals surface area contributed by atoms with Gasteiger partial charge in [0.15, 0.2) is 29.3 Å². The third kappa shape index (κ3) is 16.9. The van der Waals surface area contributed by atoms with Crippen molar-refractivity contribution in [3.63, 3.8) is 0 Å². The average molecular weight is 1160 g/mol. The van der Waals surface area contributed by atoms with E-state index in [1.165, 1.54) is 27.6 Å². The van der Waals surface area contributed by atoms with Gasteiger partial charge in [-0.25, -0.2) is 21.6 Å². The van der Waals surface area contributed by atoms with Gasteiger partial charge in [0.2, 0.25) is 33.6 Å². The Morgan fingerprint density at radius 1 is 0.679 bits per heavy atom. The number of nitrogens with two attached hydrogens (primary N) is 1. The Balaban J connectivity index is 0.000000214. The maximum absolute atomic E-state index is 14.0. The van der Waals surface area contributed by atoms with Crippen LogP contribution in [0.2, 0.25) is 0 Å². The van der Waals surface area contributed by atoms with Crippen molar-refractivity contribution in [2.24, 2.45) is 28.4 Å². The number of sulfonamides is 2. The molecule has 0 radical (unpaired) electrons. The molecule has 18 nitrogen and oxygen atoms in total. The second-order valence-corrected chi connectivity index (χ2v) is 27.2. The van der Waals surface area contributed by atoms with Crippen LogP contribution in [0.25, 0.3) is 0 Å². The molecule has 0 aromatic heterocycles. The molecule has 4 aliphatic rings. The molecule has 440 valence electrons. The number of hydrogen-bond donors (Lipinski definition) is 3. The minimum absolute atomic E-state index is 0.00838. The highest BCUT2D eigenvalue weighted by molar-refractivity contribution is 7.89. The number of amides is 1. The molecular weight excluding hydrogens is 1070 g/mol. The van der Waals surface area contributed by atoms with E-state index in [0.29, 0.717) is 55.7 Å². The summed E-state index contributed by atoms with van der Waals surface area (Å²) in [5.74, 6) is 2.00. The Kier molecular flexibility index (Phi) is 20.8. The molecule has 81 heavy (non-hydrogen) atoms. The third-order valence-corrected chi connectivity index (χ3v) is 18.5. The lowest BCUT2D eigenvalue weighted by Crippen LogP contribution is -2.52. The monoisotopic (exact) mass is 1160 g/mol. The molecule has 2 fully saturated rings. The number of hydrogen-bond acceptors (Lipinski definition) is 15. The highest BCUT2D eigenvalue weighted by Crippen LogP contribution is 2.38. The zero-order chi connectivity index (χ0) is 57.8. The van der Waals surface area contributed by atoms with Gasteiger partial charge in [0, 0.05) is 51.4 Å². The van der Waals surface area contributed by atoms with E-state index in [0.717, 1.165) is 38.0 Å². The van der Waals surface area contributed by atoms with E-state index in [2.05, 4.69) is 86.4 Å². The summed E-state index contributed by atoms with van der Waals surface area (Å²) in [5.41, 5.74) is 8.50. The van der Waals surface area contributed by atoms with Gasteiger partial charge in [-0.15, -0.1) is 0 Å². The van der Waals surface area contributed by atoms with Crippen LogP contribution in [-0.2, 0) is 53.8 Å². The van der Waals surface area contributed by atoms with E-state index >= 15 is 0 Å². The molecule has 1 amide bonds. The fourth-order valence-electron chi connectivity index (χ4n) is 10.5. The third-order valence-electron chi connectivity index (χ3n) is 14.9. The first kappa shape index (κ1) is 61.3. The summed E-state index contributed by atoms with van der Waals surface area (Å²) in [6.07, 6.45) is -0.456. The lowest BCUT2D eigenvalue weighted by Gasteiger charge is -2.35. The van der Waals surface area contributed by atoms with Gasteiger partial charge in [-0.2, -0.15) is 8.61 Å². The van der Waals surface area contributed by atoms with Crippen LogP contribution in [0.4, 0.5) is 4.79 Å². The van der Waals surface area contributed by atoms with Crippen molar-refractivity contribution in [2.75, 3.05) is 66.1 Å². The van der Waals surface area contributed by atoms with E-state index in [1.807, 2.05) is 56.3 Å². The number of carbonyl (C=O) groups is 1.